The lowest BCUT2D eigenvalue weighted by molar-refractivity contribution is -0.0342. The Morgan fingerprint density at radius 3 is 2.50 bits per heavy atom. The van der Waals surface area contributed by atoms with E-state index in [2.05, 4.69) is 35.9 Å². The highest BCUT2D eigenvalue weighted by molar-refractivity contribution is 5.76. The van der Waals surface area contributed by atoms with E-state index in [0.29, 0.717) is 18.0 Å². The van der Waals surface area contributed by atoms with Crippen molar-refractivity contribution in [3.05, 3.63) is 0 Å². The van der Waals surface area contributed by atoms with Crippen LogP contribution in [-0.2, 0) is 0 Å². The number of carbonyl (C=O) groups is 1. The van der Waals surface area contributed by atoms with E-state index < -0.39 is 0 Å². The van der Waals surface area contributed by atoms with Gasteiger partial charge in [-0.2, -0.15) is 0 Å². The first-order chi connectivity index (χ1) is 7.61. The van der Waals surface area contributed by atoms with Crippen LogP contribution in [0.5, 0.6) is 0 Å². The van der Waals surface area contributed by atoms with Crippen LogP contribution in [0, 0.1) is 5.92 Å². The van der Waals surface area contributed by atoms with Crippen molar-refractivity contribution in [2.45, 2.75) is 39.3 Å². The zero-order valence-corrected chi connectivity index (χ0v) is 10.6. The number of carbonyl (C=O) groups excluding carboxylic acids is 1. The molecule has 2 amide bonds. The van der Waals surface area contributed by atoms with Gasteiger partial charge in [0.25, 0.3) is 0 Å². The van der Waals surface area contributed by atoms with Crippen molar-refractivity contribution >= 4 is 6.03 Å². The normalized spacial score (nSPS) is 29.1. The van der Waals surface area contributed by atoms with Crippen LogP contribution in [0.4, 0.5) is 4.79 Å². The number of rotatable bonds is 3. The van der Waals surface area contributed by atoms with Crippen LogP contribution >= 0.6 is 0 Å². The second-order valence-corrected chi connectivity index (χ2v) is 5.38. The first-order valence-electron chi connectivity index (χ1n) is 6.40. The average molecular weight is 225 g/mol. The Hall–Kier alpha value is -0.770. The highest BCUT2D eigenvalue weighted by atomic mass is 16.2. The highest BCUT2D eigenvalue weighted by Gasteiger charge is 2.46. The molecule has 0 aromatic carbocycles. The predicted molar refractivity (Wildman–Crippen MR) is 64.4 cm³/mol. The fraction of sp³-hybridized carbons (Fsp3) is 0.917. The number of nitrogens with one attached hydrogen (secondary N) is 1. The molecule has 16 heavy (non-hydrogen) atoms. The molecule has 0 spiro atoms. The molecule has 0 aliphatic carbocycles. The van der Waals surface area contributed by atoms with E-state index in [-0.39, 0.29) is 6.03 Å². The Labute approximate surface area is 98.0 Å². The van der Waals surface area contributed by atoms with Crippen molar-refractivity contribution in [1.82, 2.24) is 15.1 Å². The number of hydrogen-bond donors (Lipinski definition) is 1. The summed E-state index contributed by atoms with van der Waals surface area (Å²) in [6, 6.07) is 1.07. The number of amides is 2. The first-order valence-corrected chi connectivity index (χ1v) is 6.40. The Balaban J connectivity index is 1.82. The maximum atomic E-state index is 11.9. The number of piperazine rings is 1. The summed E-state index contributed by atoms with van der Waals surface area (Å²) in [6.07, 6.45) is 1.20. The van der Waals surface area contributed by atoms with Gasteiger partial charge in [-0.05, 0) is 18.9 Å². The monoisotopic (exact) mass is 225 g/mol. The Bertz CT molecular complexity index is 255. The van der Waals surface area contributed by atoms with Crippen LogP contribution in [0.1, 0.15) is 27.2 Å². The molecule has 3 fully saturated rings. The molecule has 4 heteroatoms. The summed E-state index contributed by atoms with van der Waals surface area (Å²) >= 11 is 0. The third-order valence-electron chi connectivity index (χ3n) is 3.61. The Morgan fingerprint density at radius 2 is 2.00 bits per heavy atom. The van der Waals surface area contributed by atoms with Crippen LogP contribution in [0.25, 0.3) is 0 Å². The largest absolute Gasteiger partial charge is 0.338 e. The van der Waals surface area contributed by atoms with E-state index in [1.54, 1.807) is 0 Å². The molecule has 3 aliphatic rings. The van der Waals surface area contributed by atoms with Gasteiger partial charge in [-0.25, -0.2) is 4.79 Å². The van der Waals surface area contributed by atoms with Gasteiger partial charge in [-0.3, -0.25) is 4.90 Å². The van der Waals surface area contributed by atoms with Gasteiger partial charge in [0.05, 0.1) is 0 Å². The number of likely N-dealkylation sites (N-methyl/N-ethyl adjacent to an activating group) is 1. The van der Waals surface area contributed by atoms with E-state index in [1.165, 1.54) is 6.42 Å². The molecule has 2 bridgehead atoms. The Morgan fingerprint density at radius 1 is 1.38 bits per heavy atom. The number of piperidine rings is 1. The average Bonchev–Trinajstić information content (AvgIpc) is 2.26. The van der Waals surface area contributed by atoms with E-state index in [9.17, 15) is 4.79 Å². The van der Waals surface area contributed by atoms with Gasteiger partial charge >= 0.3 is 6.03 Å². The SMILES string of the molecule is CCN1CC2CC(C1)N2C(=O)NCC(C)C. The molecule has 3 saturated heterocycles. The molecule has 3 aliphatic heterocycles. The second-order valence-electron chi connectivity index (χ2n) is 5.38. The predicted octanol–water partition coefficient (Wildman–Crippen LogP) is 1.13. The molecule has 0 saturated carbocycles. The molecule has 3 heterocycles. The maximum Gasteiger partial charge on any atom is 0.318 e. The fourth-order valence-corrected chi connectivity index (χ4v) is 2.67. The van der Waals surface area contributed by atoms with Crippen molar-refractivity contribution < 1.29 is 4.79 Å². The maximum absolute atomic E-state index is 11.9. The van der Waals surface area contributed by atoms with Gasteiger partial charge in [0.15, 0.2) is 0 Å². The molecule has 2 atom stereocenters. The first kappa shape index (κ1) is 11.7. The van der Waals surface area contributed by atoms with E-state index in [4.69, 9.17) is 0 Å². The molecule has 3 rings (SSSR count). The van der Waals surface area contributed by atoms with E-state index in [1.807, 2.05) is 0 Å². The molecule has 92 valence electrons. The summed E-state index contributed by atoms with van der Waals surface area (Å²) in [6.45, 7) is 10.4. The Kier molecular flexibility index (Phi) is 3.38. The molecule has 4 nitrogen and oxygen atoms in total. The molecule has 2 unspecified atom stereocenters. The van der Waals surface area contributed by atoms with Crippen LogP contribution in [-0.4, -0.2) is 54.1 Å². The van der Waals surface area contributed by atoms with Gasteiger partial charge in [-0.1, -0.05) is 20.8 Å². The minimum absolute atomic E-state index is 0.144. The summed E-state index contributed by atoms with van der Waals surface area (Å²) < 4.78 is 0. The van der Waals surface area contributed by atoms with Crippen molar-refractivity contribution in [3.63, 3.8) is 0 Å². The van der Waals surface area contributed by atoms with Crippen molar-refractivity contribution in [3.8, 4) is 0 Å². The summed E-state index contributed by atoms with van der Waals surface area (Å²) in [5.41, 5.74) is 0. The molecular formula is C12H23N3O. The number of urea groups is 1. The van der Waals surface area contributed by atoms with Crippen molar-refractivity contribution in [1.29, 1.82) is 0 Å². The van der Waals surface area contributed by atoms with Gasteiger partial charge < -0.3 is 10.2 Å². The minimum Gasteiger partial charge on any atom is -0.338 e. The van der Waals surface area contributed by atoms with Crippen molar-refractivity contribution in [2.24, 2.45) is 5.92 Å². The minimum atomic E-state index is 0.144. The van der Waals surface area contributed by atoms with Crippen LogP contribution in [0.2, 0.25) is 0 Å². The summed E-state index contributed by atoms with van der Waals surface area (Å²) in [5.74, 6) is 0.525. The summed E-state index contributed by atoms with van der Waals surface area (Å²) in [7, 11) is 0. The smallest absolute Gasteiger partial charge is 0.318 e. The lowest BCUT2D eigenvalue weighted by atomic mass is 9.88. The van der Waals surface area contributed by atoms with Crippen LogP contribution in [0.3, 0.4) is 0 Å². The van der Waals surface area contributed by atoms with Gasteiger partial charge in [0.2, 0.25) is 0 Å². The lowest BCUT2D eigenvalue weighted by Gasteiger charge is -2.56. The molecule has 0 aromatic heterocycles. The lowest BCUT2D eigenvalue weighted by Crippen LogP contribution is -2.71. The zero-order chi connectivity index (χ0) is 11.7. The van der Waals surface area contributed by atoms with Crippen molar-refractivity contribution in [2.75, 3.05) is 26.2 Å². The number of nitrogens with zero attached hydrogens (tertiary/aromatic N) is 2. The number of fused-ring (bicyclic) bond motifs is 2. The topological polar surface area (TPSA) is 35.6 Å². The standard InChI is InChI=1S/C12H23N3O/c1-4-14-7-10-5-11(8-14)15(10)12(16)13-6-9(2)3/h9-11H,4-8H2,1-3H3,(H,13,16). The second kappa shape index (κ2) is 4.62. The highest BCUT2D eigenvalue weighted by Crippen LogP contribution is 2.31. The number of hydrogen-bond acceptors (Lipinski definition) is 2. The third kappa shape index (κ3) is 2.17. The quantitative estimate of drug-likeness (QED) is 0.781. The van der Waals surface area contributed by atoms with Crippen LogP contribution < -0.4 is 5.32 Å². The molecule has 1 N–H and O–H groups in total. The molecule has 0 aromatic rings. The van der Waals surface area contributed by atoms with Gasteiger partial charge in [-0.15, -0.1) is 0 Å². The van der Waals surface area contributed by atoms with Gasteiger partial charge in [0, 0.05) is 31.7 Å². The van der Waals surface area contributed by atoms with E-state index >= 15 is 0 Å². The van der Waals surface area contributed by atoms with Crippen LogP contribution in [0.15, 0.2) is 0 Å². The van der Waals surface area contributed by atoms with Gasteiger partial charge in [0.1, 0.15) is 0 Å². The summed E-state index contributed by atoms with van der Waals surface area (Å²) in [4.78, 5) is 16.4. The molecule has 0 radical (unpaired) electrons. The summed E-state index contributed by atoms with van der Waals surface area (Å²) in [5, 5.41) is 3.01. The molecular weight excluding hydrogens is 202 g/mol. The third-order valence-corrected chi connectivity index (χ3v) is 3.61. The van der Waals surface area contributed by atoms with E-state index in [0.717, 1.165) is 26.2 Å². The fourth-order valence-electron chi connectivity index (χ4n) is 2.67. The zero-order valence-electron chi connectivity index (χ0n) is 10.6.